The van der Waals surface area contributed by atoms with Crippen molar-refractivity contribution in [2.24, 2.45) is 11.8 Å². The molecule has 0 aromatic heterocycles. The highest BCUT2D eigenvalue weighted by molar-refractivity contribution is 5.91. The molecule has 0 unspecified atom stereocenters. The Morgan fingerprint density at radius 1 is 0.705 bits per heavy atom. The first-order valence-electron chi connectivity index (χ1n) is 20.4. The number of nitriles is 1. The van der Waals surface area contributed by atoms with Crippen molar-refractivity contribution < 1.29 is 38.2 Å². The number of aryl methyl sites for hydroxylation is 1. The van der Waals surface area contributed by atoms with Crippen LogP contribution in [0.5, 0.6) is 0 Å². The molecule has 0 spiro atoms. The number of ether oxygens (including phenoxy) is 3. The molecular weight excluding hydrogens is 777 g/mol. The predicted molar refractivity (Wildman–Crippen MR) is 229 cm³/mol. The maximum atomic E-state index is 14.6. The van der Waals surface area contributed by atoms with Crippen molar-refractivity contribution in [1.82, 2.24) is 26.4 Å². The number of nitrogens with zero attached hydrogens (tertiary/aromatic N) is 2. The summed E-state index contributed by atoms with van der Waals surface area (Å²) in [4.78, 5) is 68.0. The molecule has 0 radical (unpaired) electrons. The number of hydrogen-bond donors (Lipinski definition) is 4. The van der Waals surface area contributed by atoms with E-state index >= 15 is 0 Å². The van der Waals surface area contributed by atoms with E-state index in [0.717, 1.165) is 16.7 Å². The number of hydrazine groups is 1. The van der Waals surface area contributed by atoms with Gasteiger partial charge in [-0.3, -0.25) is 25.1 Å². The Labute approximate surface area is 357 Å². The van der Waals surface area contributed by atoms with Crippen molar-refractivity contribution in [2.45, 2.75) is 91.4 Å². The maximum Gasteiger partial charge on any atom is 0.410 e. The van der Waals surface area contributed by atoms with Crippen LogP contribution in [0.3, 0.4) is 0 Å². The third-order valence-corrected chi connectivity index (χ3v) is 9.77. The van der Waals surface area contributed by atoms with Gasteiger partial charge in [0.05, 0.1) is 11.6 Å². The van der Waals surface area contributed by atoms with E-state index in [-0.39, 0.29) is 38.6 Å². The SMILES string of the molecule is CCC(=O)O[C@@](NC(=O)OCc1ccccc1)(C(=O)N[C@@H](CCc1ccccc1)CN(Cc1ccc(C#N)cc1)NC(=O)[C@@H](NC(=O)OCc1ccccc1)C(C)C)C(C)C. The summed E-state index contributed by atoms with van der Waals surface area (Å²) in [5.74, 6) is -3.19. The molecular formula is C47H56N6O8. The molecule has 3 atom stereocenters. The van der Waals surface area contributed by atoms with Crippen molar-refractivity contribution in [3.05, 3.63) is 143 Å². The Morgan fingerprint density at radius 3 is 1.75 bits per heavy atom. The Hall–Kier alpha value is -6.72. The smallest absolute Gasteiger partial charge is 0.410 e. The van der Waals surface area contributed by atoms with Crippen molar-refractivity contribution >= 4 is 30.0 Å². The molecule has 4 rings (SSSR count). The number of amides is 4. The quantitative estimate of drug-likeness (QED) is 0.0305. The summed E-state index contributed by atoms with van der Waals surface area (Å²) >= 11 is 0. The van der Waals surface area contributed by atoms with Crippen LogP contribution >= 0.6 is 0 Å². The molecule has 0 aliphatic heterocycles. The zero-order chi connectivity index (χ0) is 44.2. The third-order valence-electron chi connectivity index (χ3n) is 9.77. The summed E-state index contributed by atoms with van der Waals surface area (Å²) in [7, 11) is 0. The van der Waals surface area contributed by atoms with Gasteiger partial charge in [0, 0.05) is 31.5 Å². The minimum absolute atomic E-state index is 0.0117. The molecule has 14 heteroatoms. The molecule has 0 bridgehead atoms. The van der Waals surface area contributed by atoms with Gasteiger partial charge in [-0.1, -0.05) is 138 Å². The molecule has 4 N–H and O–H groups in total. The maximum absolute atomic E-state index is 14.6. The first-order valence-corrected chi connectivity index (χ1v) is 20.4. The lowest BCUT2D eigenvalue weighted by Gasteiger charge is -2.37. The van der Waals surface area contributed by atoms with E-state index in [4.69, 9.17) is 14.2 Å². The fourth-order valence-corrected chi connectivity index (χ4v) is 6.28. The van der Waals surface area contributed by atoms with E-state index < -0.39 is 53.7 Å². The minimum Gasteiger partial charge on any atom is -0.445 e. The summed E-state index contributed by atoms with van der Waals surface area (Å²) in [6.45, 7) is 8.49. The molecule has 4 aromatic carbocycles. The number of rotatable bonds is 21. The van der Waals surface area contributed by atoms with Crippen LogP contribution in [0.25, 0.3) is 0 Å². The van der Waals surface area contributed by atoms with Crippen molar-refractivity contribution in [1.29, 1.82) is 5.26 Å². The normalized spacial score (nSPS) is 12.9. The van der Waals surface area contributed by atoms with Crippen LogP contribution in [0.4, 0.5) is 9.59 Å². The van der Waals surface area contributed by atoms with Gasteiger partial charge in [-0.15, -0.1) is 0 Å². The first kappa shape index (κ1) is 47.0. The van der Waals surface area contributed by atoms with Gasteiger partial charge in [0.1, 0.15) is 19.3 Å². The summed E-state index contributed by atoms with van der Waals surface area (Å²) in [5.41, 5.74) is 4.44. The molecule has 4 aromatic rings. The summed E-state index contributed by atoms with van der Waals surface area (Å²) in [6.07, 6.45) is -0.965. The molecule has 322 valence electrons. The number of hydrogen-bond acceptors (Lipinski definition) is 10. The van der Waals surface area contributed by atoms with Gasteiger partial charge in [-0.2, -0.15) is 5.26 Å². The average Bonchev–Trinajstić information content (AvgIpc) is 3.26. The Balaban J connectivity index is 1.64. The summed E-state index contributed by atoms with van der Waals surface area (Å²) < 4.78 is 16.7. The van der Waals surface area contributed by atoms with E-state index in [1.54, 1.807) is 88.2 Å². The van der Waals surface area contributed by atoms with Crippen molar-refractivity contribution in [3.8, 4) is 6.07 Å². The second kappa shape index (κ2) is 23.8. The van der Waals surface area contributed by atoms with Gasteiger partial charge < -0.3 is 24.8 Å². The van der Waals surface area contributed by atoms with E-state index in [1.165, 1.54) is 0 Å². The molecule has 4 amide bonds. The lowest BCUT2D eigenvalue weighted by Crippen LogP contribution is -2.66. The van der Waals surface area contributed by atoms with Crippen molar-refractivity contribution in [2.75, 3.05) is 6.54 Å². The van der Waals surface area contributed by atoms with Gasteiger partial charge in [0.25, 0.3) is 17.5 Å². The summed E-state index contributed by atoms with van der Waals surface area (Å²) in [6, 6.07) is 35.0. The van der Waals surface area contributed by atoms with Gasteiger partial charge >= 0.3 is 18.2 Å². The van der Waals surface area contributed by atoms with Gasteiger partial charge in [0.15, 0.2) is 0 Å². The van der Waals surface area contributed by atoms with Gasteiger partial charge in [-0.25, -0.2) is 14.6 Å². The zero-order valence-electron chi connectivity index (χ0n) is 35.4. The number of benzene rings is 4. The standard InChI is InChI=1S/C47H56N6O8/c1-6-41(54)61-47(34(4)5,51-46(58)60-32-39-20-14-9-15-21-39)44(56)49-40(27-26-35-16-10-7-11-17-35)30-53(29-37-24-22-36(28-48)23-25-37)52-43(55)42(33(2)3)50-45(57)59-31-38-18-12-8-13-19-38/h7-25,33-34,40,42H,6,26-27,29-32H2,1-5H3,(H,49,56)(H,50,57)(H,51,58)(H,52,55)/t40-,42-,47+/m0/s1. The number of carbonyl (C=O) groups is 5. The number of carbonyl (C=O) groups excluding carboxylic acids is 5. The highest BCUT2D eigenvalue weighted by Crippen LogP contribution is 2.23. The summed E-state index contributed by atoms with van der Waals surface area (Å²) in [5, 5.41) is 19.3. The van der Waals surface area contributed by atoms with E-state index in [0.29, 0.717) is 24.0 Å². The first-order chi connectivity index (χ1) is 29.3. The topological polar surface area (TPSA) is 188 Å². The number of esters is 1. The van der Waals surface area contributed by atoms with Crippen LogP contribution in [-0.4, -0.2) is 59.3 Å². The Morgan fingerprint density at radius 2 is 1.25 bits per heavy atom. The van der Waals surface area contributed by atoms with Crippen LogP contribution in [0.1, 0.15) is 75.3 Å². The highest BCUT2D eigenvalue weighted by Gasteiger charge is 2.48. The van der Waals surface area contributed by atoms with Gasteiger partial charge in [-0.05, 0) is 53.1 Å². The molecule has 0 aliphatic carbocycles. The van der Waals surface area contributed by atoms with Crippen LogP contribution in [-0.2, 0) is 54.8 Å². The van der Waals surface area contributed by atoms with Crippen LogP contribution in [0.2, 0.25) is 0 Å². The third kappa shape index (κ3) is 15.1. The minimum atomic E-state index is -2.18. The van der Waals surface area contributed by atoms with Crippen LogP contribution < -0.4 is 21.4 Å². The molecule has 14 nitrogen and oxygen atoms in total. The Bertz CT molecular complexity index is 2060. The second-order valence-electron chi connectivity index (χ2n) is 15.2. The highest BCUT2D eigenvalue weighted by atomic mass is 16.6. The lowest BCUT2D eigenvalue weighted by atomic mass is 9.96. The van der Waals surface area contributed by atoms with Crippen LogP contribution in [0.15, 0.2) is 115 Å². The van der Waals surface area contributed by atoms with E-state index in [2.05, 4.69) is 27.4 Å². The molecule has 0 saturated heterocycles. The van der Waals surface area contributed by atoms with Crippen molar-refractivity contribution in [3.63, 3.8) is 0 Å². The van der Waals surface area contributed by atoms with E-state index in [1.807, 2.05) is 66.7 Å². The van der Waals surface area contributed by atoms with Crippen LogP contribution in [0, 0.1) is 23.2 Å². The number of alkyl carbamates (subject to hydrolysis) is 2. The lowest BCUT2D eigenvalue weighted by molar-refractivity contribution is -0.178. The zero-order valence-corrected chi connectivity index (χ0v) is 35.4. The monoisotopic (exact) mass is 832 g/mol. The largest absolute Gasteiger partial charge is 0.445 e. The Kier molecular flexibility index (Phi) is 18.3. The fourth-order valence-electron chi connectivity index (χ4n) is 6.28. The number of nitrogens with one attached hydrogen (secondary N) is 4. The van der Waals surface area contributed by atoms with E-state index in [9.17, 15) is 29.2 Å². The average molecular weight is 833 g/mol. The predicted octanol–water partition coefficient (Wildman–Crippen LogP) is 6.69. The van der Waals surface area contributed by atoms with Gasteiger partial charge in [0.2, 0.25) is 0 Å². The molecule has 0 aliphatic rings. The molecule has 0 heterocycles. The fraction of sp³-hybridized carbons (Fsp3) is 0.362. The molecule has 61 heavy (non-hydrogen) atoms. The second-order valence-corrected chi connectivity index (χ2v) is 15.2. The molecule has 0 fully saturated rings. The molecule has 0 saturated carbocycles.